The Kier molecular flexibility index (Phi) is 4.05. The number of ether oxygens (including phenoxy) is 4. The standard InChI is InChI=1S/C18H19NO4/c1-5-15(20-9-17-11-22-17)6-2-13(1)19-14-3-7-16(8-4-14)21-10-18-12-23-18/h1-8,17-19H,9-12H2. The summed E-state index contributed by atoms with van der Waals surface area (Å²) in [5.41, 5.74) is 2.03. The molecule has 0 spiro atoms. The van der Waals surface area contributed by atoms with Gasteiger partial charge < -0.3 is 24.3 Å². The van der Waals surface area contributed by atoms with Crippen LogP contribution in [0.2, 0.25) is 0 Å². The quantitative estimate of drug-likeness (QED) is 0.759. The predicted molar refractivity (Wildman–Crippen MR) is 86.6 cm³/mol. The lowest BCUT2D eigenvalue weighted by atomic mass is 10.2. The number of benzene rings is 2. The van der Waals surface area contributed by atoms with Crippen molar-refractivity contribution in [3.8, 4) is 11.5 Å². The third kappa shape index (κ3) is 4.37. The summed E-state index contributed by atoms with van der Waals surface area (Å²) in [4.78, 5) is 0. The zero-order chi connectivity index (χ0) is 15.5. The van der Waals surface area contributed by atoms with Crippen LogP contribution >= 0.6 is 0 Å². The summed E-state index contributed by atoms with van der Waals surface area (Å²) in [6.07, 6.45) is 0.556. The van der Waals surface area contributed by atoms with Gasteiger partial charge >= 0.3 is 0 Å². The van der Waals surface area contributed by atoms with Gasteiger partial charge in [0.05, 0.1) is 13.2 Å². The van der Waals surface area contributed by atoms with Gasteiger partial charge in [0.25, 0.3) is 0 Å². The van der Waals surface area contributed by atoms with Crippen LogP contribution < -0.4 is 14.8 Å². The molecule has 5 nitrogen and oxygen atoms in total. The van der Waals surface area contributed by atoms with Crippen LogP contribution in [-0.4, -0.2) is 38.6 Å². The SMILES string of the molecule is c1cc(OCC2CO2)ccc1Nc1ccc(OCC2CO2)cc1. The maximum absolute atomic E-state index is 5.62. The van der Waals surface area contributed by atoms with Crippen LogP contribution in [0.3, 0.4) is 0 Å². The number of hydrogen-bond donors (Lipinski definition) is 1. The van der Waals surface area contributed by atoms with Crippen molar-refractivity contribution in [2.24, 2.45) is 0 Å². The van der Waals surface area contributed by atoms with Gasteiger partial charge in [-0.1, -0.05) is 0 Å². The Balaban J connectivity index is 1.29. The Labute approximate surface area is 135 Å². The molecule has 0 radical (unpaired) electrons. The fourth-order valence-corrected chi connectivity index (χ4v) is 2.14. The van der Waals surface area contributed by atoms with E-state index in [1.165, 1.54) is 0 Å². The highest BCUT2D eigenvalue weighted by Gasteiger charge is 2.23. The van der Waals surface area contributed by atoms with Crippen molar-refractivity contribution in [3.05, 3.63) is 48.5 Å². The minimum absolute atomic E-state index is 0.278. The number of rotatable bonds is 8. The molecule has 0 aliphatic carbocycles. The van der Waals surface area contributed by atoms with Crippen molar-refractivity contribution in [1.82, 2.24) is 0 Å². The minimum atomic E-state index is 0.278. The Morgan fingerprint density at radius 1 is 0.739 bits per heavy atom. The summed E-state index contributed by atoms with van der Waals surface area (Å²) >= 11 is 0. The van der Waals surface area contributed by atoms with Gasteiger partial charge in [0.1, 0.15) is 36.9 Å². The molecule has 120 valence electrons. The van der Waals surface area contributed by atoms with E-state index in [2.05, 4.69) is 5.32 Å². The largest absolute Gasteiger partial charge is 0.491 e. The highest BCUT2D eigenvalue weighted by atomic mass is 16.6. The highest BCUT2D eigenvalue weighted by Crippen LogP contribution is 2.23. The lowest BCUT2D eigenvalue weighted by Crippen LogP contribution is -2.04. The molecule has 5 heteroatoms. The van der Waals surface area contributed by atoms with E-state index in [1.807, 2.05) is 48.5 Å². The second kappa shape index (κ2) is 6.48. The number of anilines is 2. The molecule has 0 saturated carbocycles. The van der Waals surface area contributed by atoms with Crippen molar-refractivity contribution in [2.45, 2.75) is 12.2 Å². The molecule has 1 N–H and O–H groups in total. The molecule has 2 aromatic carbocycles. The maximum Gasteiger partial charge on any atom is 0.119 e. The molecule has 2 fully saturated rings. The van der Waals surface area contributed by atoms with Crippen molar-refractivity contribution >= 4 is 11.4 Å². The molecular weight excluding hydrogens is 294 g/mol. The third-order valence-electron chi connectivity index (χ3n) is 3.67. The lowest BCUT2D eigenvalue weighted by Gasteiger charge is -2.09. The molecule has 0 amide bonds. The van der Waals surface area contributed by atoms with Crippen LogP contribution in [0.25, 0.3) is 0 Å². The zero-order valence-electron chi connectivity index (χ0n) is 12.7. The minimum Gasteiger partial charge on any atom is -0.491 e. The van der Waals surface area contributed by atoms with Crippen molar-refractivity contribution in [3.63, 3.8) is 0 Å². The fraction of sp³-hybridized carbons (Fsp3) is 0.333. The van der Waals surface area contributed by atoms with Crippen LogP contribution in [0.15, 0.2) is 48.5 Å². The summed E-state index contributed by atoms with van der Waals surface area (Å²) in [5, 5.41) is 3.35. The molecule has 2 aliphatic rings. The van der Waals surface area contributed by atoms with Gasteiger partial charge in [0.15, 0.2) is 0 Å². The Hall–Kier alpha value is -2.24. The number of epoxide rings is 2. The highest BCUT2D eigenvalue weighted by molar-refractivity contribution is 5.61. The molecule has 2 saturated heterocycles. The van der Waals surface area contributed by atoms with Gasteiger partial charge in [-0.15, -0.1) is 0 Å². The second-order valence-corrected chi connectivity index (χ2v) is 5.71. The van der Waals surface area contributed by atoms with Crippen LogP contribution in [0, 0.1) is 0 Å². The van der Waals surface area contributed by atoms with Gasteiger partial charge in [-0.25, -0.2) is 0 Å². The first-order valence-corrected chi connectivity index (χ1v) is 7.81. The maximum atomic E-state index is 5.62. The van der Waals surface area contributed by atoms with Crippen LogP contribution in [0.1, 0.15) is 0 Å². The summed E-state index contributed by atoms with van der Waals surface area (Å²) in [6, 6.07) is 15.8. The van der Waals surface area contributed by atoms with E-state index in [9.17, 15) is 0 Å². The zero-order valence-corrected chi connectivity index (χ0v) is 12.7. The normalized spacial score (nSPS) is 21.6. The molecule has 0 aromatic heterocycles. The molecule has 2 unspecified atom stereocenters. The average molecular weight is 313 g/mol. The predicted octanol–water partition coefficient (Wildman–Crippen LogP) is 2.99. The van der Waals surface area contributed by atoms with Crippen LogP contribution in [-0.2, 0) is 9.47 Å². The summed E-state index contributed by atoms with van der Waals surface area (Å²) in [7, 11) is 0. The first kappa shape index (κ1) is 14.4. The van der Waals surface area contributed by atoms with E-state index >= 15 is 0 Å². The van der Waals surface area contributed by atoms with Crippen LogP contribution in [0.4, 0.5) is 11.4 Å². The van der Waals surface area contributed by atoms with Gasteiger partial charge in [-0.3, -0.25) is 0 Å². The van der Waals surface area contributed by atoms with E-state index in [0.29, 0.717) is 13.2 Å². The summed E-state index contributed by atoms with van der Waals surface area (Å²) < 4.78 is 21.5. The molecular formula is C18H19NO4. The Morgan fingerprint density at radius 3 is 1.48 bits per heavy atom. The lowest BCUT2D eigenvalue weighted by molar-refractivity contribution is 0.263. The van der Waals surface area contributed by atoms with Gasteiger partial charge in [0.2, 0.25) is 0 Å². The molecule has 0 bridgehead atoms. The second-order valence-electron chi connectivity index (χ2n) is 5.71. The molecule has 2 heterocycles. The first-order chi connectivity index (χ1) is 11.3. The molecule has 2 aromatic rings. The molecule has 2 aliphatic heterocycles. The van der Waals surface area contributed by atoms with Gasteiger partial charge in [-0.2, -0.15) is 0 Å². The van der Waals surface area contributed by atoms with Crippen LogP contribution in [0.5, 0.6) is 11.5 Å². The molecule has 4 rings (SSSR count). The van der Waals surface area contributed by atoms with Crippen molar-refractivity contribution in [2.75, 3.05) is 31.7 Å². The van der Waals surface area contributed by atoms with E-state index in [1.54, 1.807) is 0 Å². The third-order valence-corrected chi connectivity index (χ3v) is 3.67. The Morgan fingerprint density at radius 2 is 1.13 bits per heavy atom. The van der Waals surface area contributed by atoms with E-state index in [4.69, 9.17) is 18.9 Å². The van der Waals surface area contributed by atoms with E-state index in [-0.39, 0.29) is 12.2 Å². The summed E-state index contributed by atoms with van der Waals surface area (Å²) in [5.74, 6) is 1.72. The summed E-state index contributed by atoms with van der Waals surface area (Å²) in [6.45, 7) is 2.88. The molecule has 2 atom stereocenters. The van der Waals surface area contributed by atoms with Crippen molar-refractivity contribution < 1.29 is 18.9 Å². The fourth-order valence-electron chi connectivity index (χ4n) is 2.14. The monoisotopic (exact) mass is 313 g/mol. The average Bonchev–Trinajstić information content (AvgIpc) is 3.48. The van der Waals surface area contributed by atoms with E-state index in [0.717, 1.165) is 36.1 Å². The number of hydrogen-bond acceptors (Lipinski definition) is 5. The smallest absolute Gasteiger partial charge is 0.119 e. The van der Waals surface area contributed by atoms with E-state index < -0.39 is 0 Å². The van der Waals surface area contributed by atoms with Gasteiger partial charge in [-0.05, 0) is 48.5 Å². The molecule has 23 heavy (non-hydrogen) atoms. The first-order valence-electron chi connectivity index (χ1n) is 7.81. The van der Waals surface area contributed by atoms with Crippen molar-refractivity contribution in [1.29, 1.82) is 0 Å². The Bertz CT molecular complexity index is 576. The van der Waals surface area contributed by atoms with Gasteiger partial charge in [0, 0.05) is 11.4 Å². The topological polar surface area (TPSA) is 55.5 Å². The number of nitrogens with one attached hydrogen (secondary N) is 1.